The molecule has 0 N–H and O–H groups in total. The first-order valence-electron chi connectivity index (χ1n) is 8.59. The van der Waals surface area contributed by atoms with Gasteiger partial charge in [0.05, 0.1) is 0 Å². The van der Waals surface area contributed by atoms with Crippen LogP contribution >= 0.6 is 0 Å². The predicted octanol–water partition coefficient (Wildman–Crippen LogP) is -0.800. The van der Waals surface area contributed by atoms with E-state index in [0.717, 1.165) is 12.2 Å². The van der Waals surface area contributed by atoms with Crippen molar-refractivity contribution in [3.8, 4) is 0 Å². The Morgan fingerprint density at radius 1 is 1.19 bits per heavy atom. The van der Waals surface area contributed by atoms with Gasteiger partial charge in [-0.25, -0.2) is 0 Å². The van der Waals surface area contributed by atoms with Crippen molar-refractivity contribution >= 4 is 18.1 Å². The molecule has 0 fully saturated rings. The van der Waals surface area contributed by atoms with Crippen molar-refractivity contribution in [2.75, 3.05) is 6.79 Å². The van der Waals surface area contributed by atoms with E-state index in [2.05, 4.69) is 78.8 Å². The van der Waals surface area contributed by atoms with Crippen LogP contribution in [0.2, 0.25) is 19.6 Å². The van der Waals surface area contributed by atoms with Crippen LogP contribution in [0.15, 0.2) is 51.5 Å². The number of benzene rings is 1. The number of rotatable bonds is 6. The molecule has 140 valence electrons. The molecule has 2 aliphatic rings. The average molecular weight is 489 g/mol. The summed E-state index contributed by atoms with van der Waals surface area (Å²) in [6.07, 6.45) is 10.3. The van der Waals surface area contributed by atoms with Crippen molar-refractivity contribution in [3.05, 3.63) is 62.7 Å². The van der Waals surface area contributed by atoms with Crippen molar-refractivity contribution < 1.29 is 55.2 Å². The van der Waals surface area contributed by atoms with E-state index in [4.69, 9.17) is 9.16 Å². The minimum absolute atomic E-state index is 0. The van der Waals surface area contributed by atoms with Crippen LogP contribution in [0.5, 0.6) is 0 Å². The molecule has 3 rings (SSSR count). The standard InChI is InChI=1S/C9H15O2Si.C9H7.C2H4.2ClH.Zr/c1-12(2,3)11-8-10-9-6-4-5-7-9;1-2-5-9-7-3-6-8(9)4-1;1-2;;;/h6-7H,4,8H2,1-3H3;1-7H;1H,2H3;2*1H;/q;;;;;+2/p-2. The number of hydrogen-bond acceptors (Lipinski definition) is 2. The van der Waals surface area contributed by atoms with Crippen molar-refractivity contribution in [1.82, 2.24) is 0 Å². The van der Waals surface area contributed by atoms with Crippen molar-refractivity contribution in [2.45, 2.75) is 36.6 Å². The van der Waals surface area contributed by atoms with Gasteiger partial charge in [-0.2, -0.15) is 0 Å². The number of ether oxygens (including phenoxy) is 1. The fraction of sp³-hybridized carbons (Fsp3) is 0.350. The number of fused-ring (bicyclic) bond motifs is 1. The van der Waals surface area contributed by atoms with E-state index in [0.29, 0.717) is 10.4 Å². The summed E-state index contributed by atoms with van der Waals surface area (Å²) in [5.74, 6) is 0.999. The molecule has 0 radical (unpaired) electrons. The number of hydrogen-bond donors (Lipinski definition) is 0. The third-order valence-electron chi connectivity index (χ3n) is 4.37. The zero-order valence-electron chi connectivity index (χ0n) is 15.8. The van der Waals surface area contributed by atoms with E-state index < -0.39 is 29.6 Å². The number of allylic oxidation sites excluding steroid dienone is 4. The zero-order valence-corrected chi connectivity index (χ0v) is 20.7. The van der Waals surface area contributed by atoms with Crippen LogP contribution in [0, 0.1) is 0 Å². The topological polar surface area (TPSA) is 18.5 Å². The Hall–Kier alpha value is -0.250. The third kappa shape index (κ3) is 5.87. The molecule has 0 bridgehead atoms. The van der Waals surface area contributed by atoms with Gasteiger partial charge in [-0.15, -0.1) is 0 Å². The minimum Gasteiger partial charge on any atom is -1.00 e. The Morgan fingerprint density at radius 3 is 2.62 bits per heavy atom. The van der Waals surface area contributed by atoms with E-state index in [9.17, 15) is 0 Å². The maximum atomic E-state index is 5.83. The molecule has 2 nitrogen and oxygen atoms in total. The van der Waals surface area contributed by atoms with Crippen LogP contribution in [0.3, 0.4) is 0 Å². The SMILES string of the molecule is C[CH]=[Zr+2]([C]1=CC(OCO[Si](C)(C)C)=CC1)[CH]1C=Cc2ccccc21.[Cl-].[Cl-]. The largest absolute Gasteiger partial charge is 1.00 e. The van der Waals surface area contributed by atoms with Crippen LogP contribution in [-0.2, 0) is 30.4 Å². The summed E-state index contributed by atoms with van der Waals surface area (Å²) in [6.45, 7) is 9.18. The summed E-state index contributed by atoms with van der Waals surface area (Å²) in [6, 6.07) is 8.82. The molecule has 0 aliphatic heterocycles. The quantitative estimate of drug-likeness (QED) is 0.386. The normalized spacial score (nSPS) is 17.8. The Bertz CT molecular complexity index is 748. The van der Waals surface area contributed by atoms with Gasteiger partial charge in [-0.3, -0.25) is 0 Å². The zero-order chi connectivity index (χ0) is 17.2. The molecule has 1 atom stereocenters. The monoisotopic (exact) mass is 486 g/mol. The molecule has 6 heteroatoms. The molecular weight excluding hydrogens is 462 g/mol. The second kappa shape index (κ2) is 10.3. The van der Waals surface area contributed by atoms with Crippen molar-refractivity contribution in [1.29, 1.82) is 0 Å². The molecule has 0 amide bonds. The van der Waals surface area contributed by atoms with Gasteiger partial charge >= 0.3 is 155 Å². The number of halogens is 2. The first-order chi connectivity index (χ1) is 11.5. The van der Waals surface area contributed by atoms with Crippen LogP contribution in [0.1, 0.15) is 28.1 Å². The van der Waals surface area contributed by atoms with E-state index >= 15 is 0 Å². The molecule has 26 heavy (non-hydrogen) atoms. The van der Waals surface area contributed by atoms with Gasteiger partial charge in [0, 0.05) is 0 Å². The maximum Gasteiger partial charge on any atom is -1.00 e. The first kappa shape index (κ1) is 23.8. The van der Waals surface area contributed by atoms with Crippen LogP contribution in [-0.4, -0.2) is 18.8 Å². The fourth-order valence-electron chi connectivity index (χ4n) is 3.16. The van der Waals surface area contributed by atoms with Gasteiger partial charge in [0.25, 0.3) is 0 Å². The predicted molar refractivity (Wildman–Crippen MR) is 101 cm³/mol. The summed E-state index contributed by atoms with van der Waals surface area (Å²) in [7, 11) is -1.51. The molecule has 1 aromatic rings. The Balaban J connectivity index is 0.00000169. The van der Waals surface area contributed by atoms with Gasteiger partial charge in [0.2, 0.25) is 0 Å². The van der Waals surface area contributed by atoms with Gasteiger partial charge in [-0.1, -0.05) is 0 Å². The summed E-state index contributed by atoms with van der Waals surface area (Å²) in [5, 5.41) is 0. The molecule has 0 saturated heterocycles. The second-order valence-electron chi connectivity index (χ2n) is 7.21. The Kier molecular flexibility index (Phi) is 9.46. The van der Waals surface area contributed by atoms with Gasteiger partial charge in [0.1, 0.15) is 0 Å². The van der Waals surface area contributed by atoms with Crippen molar-refractivity contribution in [3.63, 3.8) is 0 Å². The van der Waals surface area contributed by atoms with Gasteiger partial charge in [0.15, 0.2) is 0 Å². The molecule has 0 heterocycles. The van der Waals surface area contributed by atoms with E-state index in [1.165, 1.54) is 11.1 Å². The molecule has 1 unspecified atom stereocenters. The van der Waals surface area contributed by atoms with E-state index in [1.807, 2.05) is 0 Å². The van der Waals surface area contributed by atoms with Gasteiger partial charge < -0.3 is 24.8 Å². The molecule has 0 saturated carbocycles. The molecule has 2 aliphatic carbocycles. The summed E-state index contributed by atoms with van der Waals surface area (Å²) in [4.78, 5) is 0. The summed E-state index contributed by atoms with van der Waals surface area (Å²) in [5.41, 5.74) is 2.91. The first-order valence-corrected chi connectivity index (χ1v) is 16.1. The summed E-state index contributed by atoms with van der Waals surface area (Å²) < 4.78 is 16.4. The summed E-state index contributed by atoms with van der Waals surface area (Å²) >= 11 is -1.84. The van der Waals surface area contributed by atoms with Crippen LogP contribution in [0.4, 0.5) is 0 Å². The van der Waals surface area contributed by atoms with E-state index in [1.54, 1.807) is 3.28 Å². The smallest absolute Gasteiger partial charge is 1.00 e. The third-order valence-corrected chi connectivity index (χ3v) is 12.5. The second-order valence-corrected chi connectivity index (χ2v) is 18.5. The van der Waals surface area contributed by atoms with Crippen LogP contribution < -0.4 is 24.8 Å². The molecule has 1 aromatic carbocycles. The maximum absolute atomic E-state index is 5.83. The fourth-order valence-corrected chi connectivity index (χ4v) is 10.2. The van der Waals surface area contributed by atoms with Gasteiger partial charge in [-0.05, 0) is 0 Å². The minimum atomic E-state index is -1.84. The average Bonchev–Trinajstić information content (AvgIpc) is 3.15. The van der Waals surface area contributed by atoms with Crippen LogP contribution in [0.25, 0.3) is 6.08 Å². The Morgan fingerprint density at radius 2 is 1.92 bits per heavy atom. The molecular formula is C20H26Cl2O2SiZr. The molecule has 0 spiro atoms. The molecule has 0 aromatic heterocycles. The Labute approximate surface area is 178 Å². The van der Waals surface area contributed by atoms with E-state index in [-0.39, 0.29) is 24.8 Å². The van der Waals surface area contributed by atoms with Crippen molar-refractivity contribution in [2.24, 2.45) is 0 Å².